The number of benzene rings is 1. The lowest BCUT2D eigenvalue weighted by atomic mass is 10.2. The fourth-order valence-corrected chi connectivity index (χ4v) is 2.83. The molecule has 19 heavy (non-hydrogen) atoms. The molecule has 0 unspecified atom stereocenters. The first-order valence-electron chi connectivity index (χ1n) is 5.68. The number of rotatable bonds is 6. The number of thiophene rings is 1. The molecule has 0 bridgehead atoms. The predicted molar refractivity (Wildman–Crippen MR) is 79.0 cm³/mol. The van der Waals surface area contributed by atoms with Crippen molar-refractivity contribution in [2.24, 2.45) is 0 Å². The summed E-state index contributed by atoms with van der Waals surface area (Å²) in [5, 5.41) is 0. The Morgan fingerprint density at radius 1 is 1.21 bits per heavy atom. The summed E-state index contributed by atoms with van der Waals surface area (Å²) in [6, 6.07) is 11.2. The zero-order valence-electron chi connectivity index (χ0n) is 10.4. The molecule has 1 heterocycles. The zero-order valence-corrected chi connectivity index (χ0v) is 12.8. The molecule has 0 spiro atoms. The predicted octanol–water partition coefficient (Wildman–Crippen LogP) is 3.92. The Bertz CT molecular complexity index is 548. The first-order valence-corrected chi connectivity index (χ1v) is 7.29. The molecule has 0 atom stereocenters. The van der Waals surface area contributed by atoms with Gasteiger partial charge in [0, 0.05) is 0 Å². The average Bonchev–Trinajstić information content (AvgIpc) is 2.86. The molecule has 1 aromatic heterocycles. The van der Waals surface area contributed by atoms with Crippen LogP contribution in [0.2, 0.25) is 0 Å². The van der Waals surface area contributed by atoms with Gasteiger partial charge < -0.3 is 9.47 Å². The van der Waals surface area contributed by atoms with Gasteiger partial charge in [0.1, 0.15) is 12.4 Å². The summed E-state index contributed by atoms with van der Waals surface area (Å²) in [7, 11) is 1.63. The minimum Gasteiger partial charge on any atom is -0.497 e. The van der Waals surface area contributed by atoms with E-state index in [9.17, 15) is 4.79 Å². The molecule has 0 aliphatic heterocycles. The molecule has 100 valence electrons. The molecular weight excluding hydrogens is 328 g/mol. The highest BCUT2D eigenvalue weighted by atomic mass is 79.9. The number of hydrogen-bond acceptors (Lipinski definition) is 4. The quantitative estimate of drug-likeness (QED) is 0.747. The zero-order chi connectivity index (χ0) is 13.7. The monoisotopic (exact) mass is 340 g/mol. The van der Waals surface area contributed by atoms with Crippen LogP contribution in [0.25, 0.3) is 0 Å². The maximum Gasteiger partial charge on any atom is 0.198 e. The Morgan fingerprint density at radius 2 is 1.95 bits per heavy atom. The average molecular weight is 341 g/mol. The third-order valence-corrected chi connectivity index (χ3v) is 4.17. The van der Waals surface area contributed by atoms with Gasteiger partial charge in [0.05, 0.1) is 22.4 Å². The third-order valence-electron chi connectivity index (χ3n) is 2.51. The van der Waals surface area contributed by atoms with E-state index >= 15 is 0 Å². The van der Waals surface area contributed by atoms with Crippen molar-refractivity contribution in [1.82, 2.24) is 0 Å². The van der Waals surface area contributed by atoms with E-state index in [0.29, 0.717) is 11.5 Å². The number of ether oxygens (including phenoxy) is 2. The van der Waals surface area contributed by atoms with Gasteiger partial charge in [-0.3, -0.25) is 4.79 Å². The minimum atomic E-state index is 0.00390. The Morgan fingerprint density at radius 3 is 2.53 bits per heavy atom. The Labute approximate surface area is 124 Å². The molecule has 0 saturated carbocycles. The maximum absolute atomic E-state index is 11.8. The van der Waals surface area contributed by atoms with Crippen molar-refractivity contribution in [2.75, 3.05) is 13.7 Å². The number of carbonyl (C=O) groups is 1. The lowest BCUT2D eigenvalue weighted by Gasteiger charge is -2.04. The highest BCUT2D eigenvalue weighted by molar-refractivity contribution is 9.11. The number of methoxy groups -OCH3 is 1. The topological polar surface area (TPSA) is 35.5 Å². The second kappa shape index (κ2) is 6.84. The fraction of sp³-hybridized carbons (Fsp3) is 0.214. The van der Waals surface area contributed by atoms with Crippen molar-refractivity contribution in [3.63, 3.8) is 0 Å². The molecule has 0 radical (unpaired) electrons. The van der Waals surface area contributed by atoms with Crippen LogP contribution in [0, 0.1) is 0 Å². The highest BCUT2D eigenvalue weighted by Crippen LogP contribution is 2.22. The van der Waals surface area contributed by atoms with Gasteiger partial charge in [0.15, 0.2) is 5.78 Å². The van der Waals surface area contributed by atoms with Crippen molar-refractivity contribution in [1.29, 1.82) is 0 Å². The van der Waals surface area contributed by atoms with E-state index in [2.05, 4.69) is 15.9 Å². The van der Waals surface area contributed by atoms with Crippen molar-refractivity contribution < 1.29 is 14.3 Å². The van der Waals surface area contributed by atoms with Gasteiger partial charge in [0.25, 0.3) is 0 Å². The summed E-state index contributed by atoms with van der Waals surface area (Å²) in [6.07, 6.45) is 0. The SMILES string of the molecule is COc1ccc(COCC(=O)c2ccc(Br)s2)cc1. The van der Waals surface area contributed by atoms with E-state index in [-0.39, 0.29) is 12.4 Å². The van der Waals surface area contributed by atoms with Gasteiger partial charge in [-0.1, -0.05) is 12.1 Å². The fourth-order valence-electron chi connectivity index (χ4n) is 1.52. The van der Waals surface area contributed by atoms with Crippen molar-refractivity contribution in [2.45, 2.75) is 6.61 Å². The first kappa shape index (κ1) is 14.2. The van der Waals surface area contributed by atoms with Crippen LogP contribution in [0.5, 0.6) is 5.75 Å². The van der Waals surface area contributed by atoms with Crippen molar-refractivity contribution >= 4 is 33.0 Å². The number of ketones is 1. The molecule has 0 aliphatic carbocycles. The Kier molecular flexibility index (Phi) is 5.13. The van der Waals surface area contributed by atoms with Crippen molar-refractivity contribution in [3.05, 3.63) is 50.6 Å². The summed E-state index contributed by atoms with van der Waals surface area (Å²) in [5.41, 5.74) is 1.01. The number of Topliss-reactive ketones (excluding diaryl/α,β-unsaturated/α-hetero) is 1. The van der Waals surface area contributed by atoms with E-state index in [1.807, 2.05) is 30.3 Å². The lowest BCUT2D eigenvalue weighted by Crippen LogP contribution is -2.07. The molecule has 0 aliphatic rings. The molecule has 2 aromatic rings. The standard InChI is InChI=1S/C14H13BrO3S/c1-17-11-4-2-10(3-5-11)8-18-9-12(16)13-6-7-14(15)19-13/h2-7H,8-9H2,1H3. The van der Waals surface area contributed by atoms with Crippen molar-refractivity contribution in [3.8, 4) is 5.75 Å². The summed E-state index contributed by atoms with van der Waals surface area (Å²) in [5.74, 6) is 0.812. The summed E-state index contributed by atoms with van der Waals surface area (Å²) in [4.78, 5) is 12.5. The molecule has 5 heteroatoms. The van der Waals surface area contributed by atoms with Crippen LogP contribution >= 0.6 is 27.3 Å². The summed E-state index contributed by atoms with van der Waals surface area (Å²) < 4.78 is 11.4. The third kappa shape index (κ3) is 4.16. The Balaban J connectivity index is 1.81. The molecule has 0 fully saturated rings. The van der Waals surface area contributed by atoms with Crippen LogP contribution in [0.15, 0.2) is 40.2 Å². The molecular formula is C14H13BrO3S. The van der Waals surface area contributed by atoms with Gasteiger partial charge in [0.2, 0.25) is 0 Å². The van der Waals surface area contributed by atoms with E-state index < -0.39 is 0 Å². The molecule has 0 N–H and O–H groups in total. The first-order chi connectivity index (χ1) is 9.19. The summed E-state index contributed by atoms with van der Waals surface area (Å²) in [6.45, 7) is 0.515. The molecule has 1 aromatic carbocycles. The van der Waals surface area contributed by atoms with E-state index in [1.165, 1.54) is 11.3 Å². The summed E-state index contributed by atoms with van der Waals surface area (Å²) >= 11 is 4.75. The largest absolute Gasteiger partial charge is 0.497 e. The second-order valence-corrected chi connectivity index (χ2v) is 6.33. The number of carbonyl (C=O) groups excluding carboxylic acids is 1. The van der Waals surface area contributed by atoms with Crippen LogP contribution < -0.4 is 4.74 Å². The van der Waals surface area contributed by atoms with Crippen LogP contribution in [-0.4, -0.2) is 19.5 Å². The molecule has 3 nitrogen and oxygen atoms in total. The maximum atomic E-state index is 11.8. The van der Waals surface area contributed by atoms with Gasteiger partial charge in [-0.2, -0.15) is 0 Å². The second-order valence-electron chi connectivity index (χ2n) is 3.87. The minimum absolute atomic E-state index is 0.00390. The van der Waals surface area contributed by atoms with Crippen LogP contribution in [-0.2, 0) is 11.3 Å². The molecule has 2 rings (SSSR count). The normalized spacial score (nSPS) is 10.4. The molecule has 0 amide bonds. The number of halogens is 1. The molecule has 0 saturated heterocycles. The van der Waals surface area contributed by atoms with Crippen LogP contribution in [0.1, 0.15) is 15.2 Å². The van der Waals surface area contributed by atoms with Gasteiger partial charge in [-0.05, 0) is 45.8 Å². The number of hydrogen-bond donors (Lipinski definition) is 0. The van der Waals surface area contributed by atoms with Gasteiger partial charge >= 0.3 is 0 Å². The smallest absolute Gasteiger partial charge is 0.198 e. The van der Waals surface area contributed by atoms with E-state index in [1.54, 1.807) is 13.2 Å². The van der Waals surface area contributed by atoms with Gasteiger partial charge in [-0.15, -0.1) is 11.3 Å². The van der Waals surface area contributed by atoms with Crippen LogP contribution in [0.3, 0.4) is 0 Å². The lowest BCUT2D eigenvalue weighted by molar-refractivity contribution is 0.0730. The van der Waals surface area contributed by atoms with Gasteiger partial charge in [-0.25, -0.2) is 0 Å². The van der Waals surface area contributed by atoms with E-state index in [4.69, 9.17) is 9.47 Å². The van der Waals surface area contributed by atoms with E-state index in [0.717, 1.165) is 15.1 Å². The Hall–Kier alpha value is -1.17. The highest BCUT2D eigenvalue weighted by Gasteiger charge is 2.08. The van der Waals surface area contributed by atoms with Crippen LogP contribution in [0.4, 0.5) is 0 Å².